The summed E-state index contributed by atoms with van der Waals surface area (Å²) in [6, 6.07) is 11.7. The van der Waals surface area contributed by atoms with Gasteiger partial charge in [0.15, 0.2) is 0 Å². The highest BCUT2D eigenvalue weighted by atomic mass is 79.9. The predicted molar refractivity (Wildman–Crippen MR) is 86.2 cm³/mol. The van der Waals surface area contributed by atoms with Crippen molar-refractivity contribution in [3.05, 3.63) is 62.5 Å². The number of nitrogens with one attached hydrogen (secondary N) is 1. The Bertz CT molecular complexity index is 632. The first-order valence-electron chi connectivity index (χ1n) is 5.74. The minimum Gasteiger partial charge on any atom is -0.370 e. The van der Waals surface area contributed by atoms with Gasteiger partial charge in [-0.25, -0.2) is 0 Å². The second kappa shape index (κ2) is 6.48. The maximum absolute atomic E-state index is 11.6. The van der Waals surface area contributed by atoms with Crippen molar-refractivity contribution in [2.45, 2.75) is 6.04 Å². The van der Waals surface area contributed by atoms with Gasteiger partial charge in [-0.3, -0.25) is 4.79 Å². The molecule has 3 N–H and O–H groups in total. The SMILES string of the molecule is NC(=O)C(Nc1ccc(Br)cc1)c1ccc(Cl)c(Cl)c1. The second-order valence-electron chi connectivity index (χ2n) is 4.16. The molecule has 0 bridgehead atoms. The average molecular weight is 374 g/mol. The van der Waals surface area contributed by atoms with Crippen molar-refractivity contribution in [2.75, 3.05) is 5.32 Å². The summed E-state index contributed by atoms with van der Waals surface area (Å²) in [7, 11) is 0. The van der Waals surface area contributed by atoms with Crippen LogP contribution in [0.5, 0.6) is 0 Å². The van der Waals surface area contributed by atoms with Crippen LogP contribution in [0.15, 0.2) is 46.9 Å². The molecule has 2 aromatic carbocycles. The minimum atomic E-state index is -0.675. The lowest BCUT2D eigenvalue weighted by Crippen LogP contribution is -2.27. The van der Waals surface area contributed by atoms with Crippen molar-refractivity contribution in [3.63, 3.8) is 0 Å². The summed E-state index contributed by atoms with van der Waals surface area (Å²) in [6.45, 7) is 0. The van der Waals surface area contributed by atoms with Gasteiger partial charge in [0, 0.05) is 10.2 Å². The number of carbonyl (C=O) groups excluding carboxylic acids is 1. The van der Waals surface area contributed by atoms with Crippen molar-refractivity contribution in [1.29, 1.82) is 0 Å². The van der Waals surface area contributed by atoms with Gasteiger partial charge in [0.25, 0.3) is 0 Å². The molecule has 0 saturated carbocycles. The molecule has 1 amide bonds. The normalized spacial score (nSPS) is 11.9. The van der Waals surface area contributed by atoms with Gasteiger partial charge in [-0.2, -0.15) is 0 Å². The molecule has 0 heterocycles. The van der Waals surface area contributed by atoms with E-state index in [1.807, 2.05) is 24.3 Å². The van der Waals surface area contributed by atoms with Crippen LogP contribution in [0, 0.1) is 0 Å². The molecule has 0 saturated heterocycles. The van der Waals surface area contributed by atoms with E-state index in [0.29, 0.717) is 15.6 Å². The zero-order valence-electron chi connectivity index (χ0n) is 10.2. The van der Waals surface area contributed by atoms with Crippen molar-refractivity contribution < 1.29 is 4.79 Å². The largest absolute Gasteiger partial charge is 0.370 e. The number of carbonyl (C=O) groups is 1. The van der Waals surface area contributed by atoms with Gasteiger partial charge in [0.05, 0.1) is 10.0 Å². The van der Waals surface area contributed by atoms with Gasteiger partial charge in [0.2, 0.25) is 5.91 Å². The Kier molecular flexibility index (Phi) is 4.91. The topological polar surface area (TPSA) is 55.1 Å². The van der Waals surface area contributed by atoms with Gasteiger partial charge < -0.3 is 11.1 Å². The first-order valence-corrected chi connectivity index (χ1v) is 7.28. The maximum atomic E-state index is 11.6. The average Bonchev–Trinajstić information content (AvgIpc) is 2.41. The van der Waals surface area contributed by atoms with Crippen molar-refractivity contribution in [1.82, 2.24) is 0 Å². The number of halogens is 3. The van der Waals surface area contributed by atoms with Crippen LogP contribution in [0.4, 0.5) is 5.69 Å². The molecule has 0 aliphatic rings. The Morgan fingerprint density at radius 1 is 1.10 bits per heavy atom. The van der Waals surface area contributed by atoms with Gasteiger partial charge in [-0.05, 0) is 42.0 Å². The molecule has 6 heteroatoms. The molecule has 0 aliphatic heterocycles. The van der Waals surface area contributed by atoms with E-state index < -0.39 is 11.9 Å². The first-order chi connectivity index (χ1) is 9.47. The molecular weight excluding hydrogens is 363 g/mol. The smallest absolute Gasteiger partial charge is 0.244 e. The standard InChI is InChI=1S/C14H11BrCl2N2O/c15-9-2-4-10(5-3-9)19-13(14(18)20)8-1-6-11(16)12(17)7-8/h1-7,13,19H,(H2,18,20). The Morgan fingerprint density at radius 3 is 2.30 bits per heavy atom. The van der Waals surface area contributed by atoms with Crippen LogP contribution in [-0.4, -0.2) is 5.91 Å². The molecule has 2 rings (SSSR count). The number of rotatable bonds is 4. The Balaban J connectivity index is 2.29. The van der Waals surface area contributed by atoms with E-state index in [1.54, 1.807) is 18.2 Å². The second-order valence-corrected chi connectivity index (χ2v) is 5.89. The van der Waals surface area contributed by atoms with Crippen LogP contribution in [0.25, 0.3) is 0 Å². The summed E-state index contributed by atoms with van der Waals surface area (Å²) >= 11 is 15.2. The lowest BCUT2D eigenvalue weighted by atomic mass is 10.1. The van der Waals surface area contributed by atoms with Gasteiger partial charge in [-0.1, -0.05) is 45.2 Å². The molecule has 0 aromatic heterocycles. The fourth-order valence-corrected chi connectivity index (χ4v) is 2.29. The molecular formula is C14H11BrCl2N2O. The minimum absolute atomic E-state index is 0.382. The lowest BCUT2D eigenvalue weighted by Gasteiger charge is -2.17. The maximum Gasteiger partial charge on any atom is 0.244 e. The van der Waals surface area contributed by atoms with E-state index in [4.69, 9.17) is 28.9 Å². The fraction of sp³-hybridized carbons (Fsp3) is 0.0714. The van der Waals surface area contributed by atoms with Crippen LogP contribution in [0.3, 0.4) is 0 Å². The van der Waals surface area contributed by atoms with Crippen LogP contribution in [-0.2, 0) is 4.79 Å². The van der Waals surface area contributed by atoms with Crippen molar-refractivity contribution in [2.24, 2.45) is 5.73 Å². The zero-order chi connectivity index (χ0) is 14.7. The summed E-state index contributed by atoms with van der Waals surface area (Å²) in [6.07, 6.45) is 0. The molecule has 20 heavy (non-hydrogen) atoms. The molecule has 0 fully saturated rings. The third-order valence-electron chi connectivity index (χ3n) is 2.72. The summed E-state index contributed by atoms with van der Waals surface area (Å²) < 4.78 is 0.952. The van der Waals surface area contributed by atoms with Gasteiger partial charge in [0.1, 0.15) is 6.04 Å². The predicted octanol–water partition coefficient (Wildman–Crippen LogP) is 4.39. The zero-order valence-corrected chi connectivity index (χ0v) is 13.3. The highest BCUT2D eigenvalue weighted by Gasteiger charge is 2.18. The molecule has 0 radical (unpaired) electrons. The van der Waals surface area contributed by atoms with Crippen molar-refractivity contribution in [3.8, 4) is 0 Å². The van der Waals surface area contributed by atoms with E-state index in [-0.39, 0.29) is 0 Å². The number of amides is 1. The summed E-state index contributed by atoms with van der Waals surface area (Å²) in [5.41, 5.74) is 6.89. The Hall–Kier alpha value is -1.23. The highest BCUT2D eigenvalue weighted by Crippen LogP contribution is 2.27. The number of nitrogens with two attached hydrogens (primary N) is 1. The van der Waals surface area contributed by atoms with Gasteiger partial charge in [-0.15, -0.1) is 0 Å². The highest BCUT2D eigenvalue weighted by molar-refractivity contribution is 9.10. The molecule has 1 atom stereocenters. The molecule has 1 unspecified atom stereocenters. The summed E-state index contributed by atoms with van der Waals surface area (Å²) in [4.78, 5) is 11.6. The first kappa shape index (κ1) is 15.2. The number of primary amides is 1. The van der Waals surface area contributed by atoms with E-state index in [0.717, 1.165) is 10.2 Å². The van der Waals surface area contributed by atoms with E-state index >= 15 is 0 Å². The Morgan fingerprint density at radius 2 is 1.75 bits per heavy atom. The van der Waals surface area contributed by atoms with E-state index in [9.17, 15) is 4.79 Å². The lowest BCUT2D eigenvalue weighted by molar-refractivity contribution is -0.118. The molecule has 0 spiro atoms. The number of hydrogen-bond acceptors (Lipinski definition) is 2. The molecule has 0 aliphatic carbocycles. The number of hydrogen-bond donors (Lipinski definition) is 2. The number of benzene rings is 2. The third-order valence-corrected chi connectivity index (χ3v) is 3.98. The van der Waals surface area contributed by atoms with Crippen LogP contribution in [0.1, 0.15) is 11.6 Å². The fourth-order valence-electron chi connectivity index (χ4n) is 1.72. The van der Waals surface area contributed by atoms with Crippen LogP contribution in [0.2, 0.25) is 10.0 Å². The third kappa shape index (κ3) is 3.66. The summed E-state index contributed by atoms with van der Waals surface area (Å²) in [5, 5.41) is 3.89. The van der Waals surface area contributed by atoms with Gasteiger partial charge >= 0.3 is 0 Å². The molecule has 3 nitrogen and oxygen atoms in total. The monoisotopic (exact) mass is 372 g/mol. The number of anilines is 1. The Labute approximate surface area is 135 Å². The van der Waals surface area contributed by atoms with E-state index in [2.05, 4.69) is 21.2 Å². The van der Waals surface area contributed by atoms with Crippen molar-refractivity contribution >= 4 is 50.7 Å². The quantitative estimate of drug-likeness (QED) is 0.834. The molecule has 2 aromatic rings. The van der Waals surface area contributed by atoms with Crippen LogP contribution >= 0.6 is 39.1 Å². The van der Waals surface area contributed by atoms with E-state index in [1.165, 1.54) is 0 Å². The molecule has 104 valence electrons. The van der Waals surface area contributed by atoms with Crippen LogP contribution < -0.4 is 11.1 Å². The summed E-state index contributed by atoms with van der Waals surface area (Å²) in [5.74, 6) is -0.494.